The summed E-state index contributed by atoms with van der Waals surface area (Å²) in [6.07, 6.45) is 3.11. The number of phenols is 1. The molecule has 144 valence electrons. The number of phenolic OH excluding ortho intramolecular Hbond substituents is 1. The van der Waals surface area contributed by atoms with Crippen molar-refractivity contribution >= 4 is 22.6 Å². The molecule has 0 aliphatic rings. The molecular weight excluding hydrogens is 390 g/mol. The number of fused-ring (bicyclic) bond motifs is 1. The third kappa shape index (κ3) is 2.85. The second-order valence-corrected chi connectivity index (χ2v) is 7.18. The molecule has 0 aliphatic carbocycles. The summed E-state index contributed by atoms with van der Waals surface area (Å²) in [6.45, 7) is 3.70. The Morgan fingerprint density at radius 2 is 2.03 bits per heavy atom. The molecule has 0 saturated carbocycles. The lowest BCUT2D eigenvalue weighted by molar-refractivity contribution is 0.471. The Balaban J connectivity index is 2.04. The number of rotatable bonds is 2. The van der Waals surface area contributed by atoms with Gasteiger partial charge in [-0.3, -0.25) is 4.79 Å². The van der Waals surface area contributed by atoms with Crippen molar-refractivity contribution in [2.45, 2.75) is 13.8 Å². The number of aromatic hydroxyl groups is 1. The van der Waals surface area contributed by atoms with Crippen LogP contribution in [0.5, 0.6) is 5.75 Å². The van der Waals surface area contributed by atoms with E-state index >= 15 is 0 Å². The van der Waals surface area contributed by atoms with Crippen LogP contribution in [-0.4, -0.2) is 24.9 Å². The van der Waals surface area contributed by atoms with Gasteiger partial charge in [0.2, 0.25) is 0 Å². The van der Waals surface area contributed by atoms with Crippen LogP contribution in [0, 0.1) is 25.2 Å². The Hall–Kier alpha value is -3.63. The van der Waals surface area contributed by atoms with E-state index in [0.717, 1.165) is 11.1 Å². The summed E-state index contributed by atoms with van der Waals surface area (Å²) in [5, 5.41) is 24.8. The van der Waals surface area contributed by atoms with Gasteiger partial charge in [-0.1, -0.05) is 17.7 Å². The maximum atomic E-state index is 12.0. The topological polar surface area (TPSA) is 108 Å². The second kappa shape index (κ2) is 6.76. The molecule has 8 heteroatoms. The first-order valence-electron chi connectivity index (χ1n) is 8.77. The van der Waals surface area contributed by atoms with Crippen LogP contribution >= 0.6 is 11.6 Å². The van der Waals surface area contributed by atoms with Gasteiger partial charge >= 0.3 is 0 Å². The van der Waals surface area contributed by atoms with Crippen LogP contribution in [0.15, 0.2) is 35.4 Å². The van der Waals surface area contributed by atoms with E-state index in [0.29, 0.717) is 39.0 Å². The Labute approximate surface area is 170 Å². The predicted molar refractivity (Wildman–Crippen MR) is 111 cm³/mol. The minimum atomic E-state index is -0.280. The quantitative estimate of drug-likeness (QED) is 0.526. The Morgan fingerprint density at radius 3 is 2.72 bits per heavy atom. The molecule has 0 saturated heterocycles. The van der Waals surface area contributed by atoms with Crippen molar-refractivity contribution in [3.63, 3.8) is 0 Å². The molecule has 0 spiro atoms. The first-order chi connectivity index (χ1) is 13.8. The van der Waals surface area contributed by atoms with Crippen molar-refractivity contribution in [3.05, 3.63) is 62.7 Å². The van der Waals surface area contributed by atoms with Crippen molar-refractivity contribution in [1.29, 1.82) is 5.26 Å². The van der Waals surface area contributed by atoms with Gasteiger partial charge in [-0.05, 0) is 36.6 Å². The number of hydrogen-bond acceptors (Lipinski definition) is 5. The number of hydrogen-bond donors (Lipinski definition) is 2. The highest BCUT2D eigenvalue weighted by Crippen LogP contribution is 2.40. The lowest BCUT2D eigenvalue weighted by Crippen LogP contribution is -2.17. The smallest absolute Gasteiger partial charge is 0.267 e. The number of benzene rings is 1. The molecular formula is C21H16ClN5O2. The van der Waals surface area contributed by atoms with Crippen LogP contribution in [0.4, 0.5) is 0 Å². The molecule has 0 unspecified atom stereocenters. The maximum Gasteiger partial charge on any atom is 0.267 e. The number of aromatic nitrogens is 4. The van der Waals surface area contributed by atoms with E-state index in [4.69, 9.17) is 11.6 Å². The second-order valence-electron chi connectivity index (χ2n) is 6.80. The van der Waals surface area contributed by atoms with Gasteiger partial charge in [-0.2, -0.15) is 10.4 Å². The van der Waals surface area contributed by atoms with E-state index in [1.54, 1.807) is 32.3 Å². The number of aromatic amines is 1. The predicted octanol–water partition coefficient (Wildman–Crippen LogP) is 3.84. The summed E-state index contributed by atoms with van der Waals surface area (Å²) in [5.74, 6) is 0.140. The van der Waals surface area contributed by atoms with Gasteiger partial charge in [-0.15, -0.1) is 0 Å². The molecule has 0 fully saturated rings. The van der Waals surface area contributed by atoms with Crippen LogP contribution in [0.25, 0.3) is 33.4 Å². The Kier molecular flexibility index (Phi) is 4.36. The molecule has 0 atom stereocenters. The van der Waals surface area contributed by atoms with E-state index in [2.05, 4.69) is 21.1 Å². The van der Waals surface area contributed by atoms with Gasteiger partial charge in [0.05, 0.1) is 27.9 Å². The van der Waals surface area contributed by atoms with E-state index in [1.165, 1.54) is 16.9 Å². The number of pyridine rings is 1. The van der Waals surface area contributed by atoms with Crippen molar-refractivity contribution in [2.75, 3.05) is 0 Å². The van der Waals surface area contributed by atoms with Crippen LogP contribution < -0.4 is 5.56 Å². The fraction of sp³-hybridized carbons (Fsp3) is 0.143. The fourth-order valence-corrected chi connectivity index (χ4v) is 3.82. The summed E-state index contributed by atoms with van der Waals surface area (Å²) in [6, 6.07) is 7.06. The van der Waals surface area contributed by atoms with Crippen molar-refractivity contribution < 1.29 is 5.11 Å². The van der Waals surface area contributed by atoms with Gasteiger partial charge in [0, 0.05) is 30.4 Å². The minimum absolute atomic E-state index is 0.140. The number of nitriles is 1. The molecule has 3 heterocycles. The van der Waals surface area contributed by atoms with Crippen LogP contribution in [0.3, 0.4) is 0 Å². The summed E-state index contributed by atoms with van der Waals surface area (Å²) < 4.78 is 1.21. The molecule has 1 aromatic carbocycles. The zero-order valence-electron chi connectivity index (χ0n) is 15.9. The fourth-order valence-electron chi connectivity index (χ4n) is 3.48. The number of aryl methyl sites for hydroxylation is 2. The third-order valence-corrected chi connectivity index (χ3v) is 5.42. The number of nitrogens with one attached hydrogen (secondary N) is 1. The van der Waals surface area contributed by atoms with Crippen molar-refractivity contribution in [2.24, 2.45) is 7.05 Å². The maximum absolute atomic E-state index is 12.0. The summed E-state index contributed by atoms with van der Waals surface area (Å²) in [5.41, 5.74) is 4.36. The van der Waals surface area contributed by atoms with E-state index < -0.39 is 0 Å². The van der Waals surface area contributed by atoms with Crippen LogP contribution in [-0.2, 0) is 7.05 Å². The summed E-state index contributed by atoms with van der Waals surface area (Å²) in [7, 11) is 1.56. The minimum Gasteiger partial charge on any atom is -0.508 e. The molecule has 0 bridgehead atoms. The SMILES string of the molecule is Cc1ccc(O)c(C)c1-c1cnc2[nH]c(-c3cnn(C)c(=O)c3)c(Cl)c2c1C#N. The Bertz CT molecular complexity index is 1400. The lowest BCUT2D eigenvalue weighted by atomic mass is 9.92. The van der Waals surface area contributed by atoms with Crippen molar-refractivity contribution in [1.82, 2.24) is 19.7 Å². The van der Waals surface area contributed by atoms with Crippen LogP contribution in [0.1, 0.15) is 16.7 Å². The van der Waals surface area contributed by atoms with Gasteiger partial charge < -0.3 is 10.1 Å². The largest absolute Gasteiger partial charge is 0.508 e. The van der Waals surface area contributed by atoms with Gasteiger partial charge in [0.1, 0.15) is 17.5 Å². The molecule has 29 heavy (non-hydrogen) atoms. The highest BCUT2D eigenvalue weighted by molar-refractivity contribution is 6.38. The van der Waals surface area contributed by atoms with Gasteiger partial charge in [-0.25, -0.2) is 9.67 Å². The molecule has 2 N–H and O–H groups in total. The molecule has 4 rings (SSSR count). The summed E-state index contributed by atoms with van der Waals surface area (Å²) >= 11 is 6.63. The Morgan fingerprint density at radius 1 is 1.28 bits per heavy atom. The average Bonchev–Trinajstić information content (AvgIpc) is 3.04. The highest BCUT2D eigenvalue weighted by Gasteiger charge is 2.22. The lowest BCUT2D eigenvalue weighted by Gasteiger charge is -2.13. The first-order valence-corrected chi connectivity index (χ1v) is 9.14. The monoisotopic (exact) mass is 405 g/mol. The highest BCUT2D eigenvalue weighted by atomic mass is 35.5. The van der Waals surface area contributed by atoms with E-state index in [-0.39, 0.29) is 16.3 Å². The normalized spacial score (nSPS) is 11.0. The number of H-pyrrole nitrogens is 1. The third-order valence-electron chi connectivity index (χ3n) is 5.04. The van der Waals surface area contributed by atoms with Gasteiger partial charge in [0.15, 0.2) is 0 Å². The molecule has 0 radical (unpaired) electrons. The molecule has 3 aromatic heterocycles. The van der Waals surface area contributed by atoms with Gasteiger partial charge in [0.25, 0.3) is 5.56 Å². The molecule has 4 aromatic rings. The number of nitrogens with zero attached hydrogens (tertiary/aromatic N) is 4. The molecule has 0 amide bonds. The molecule has 7 nitrogen and oxygen atoms in total. The van der Waals surface area contributed by atoms with E-state index in [1.807, 2.05) is 6.92 Å². The van der Waals surface area contributed by atoms with Crippen LogP contribution in [0.2, 0.25) is 5.02 Å². The van der Waals surface area contributed by atoms with E-state index in [9.17, 15) is 15.2 Å². The zero-order chi connectivity index (χ0) is 20.9. The van der Waals surface area contributed by atoms with Crippen molar-refractivity contribution in [3.8, 4) is 34.2 Å². The molecule has 0 aliphatic heterocycles. The standard InChI is InChI=1S/C21H16ClN5O2/c1-10-4-5-15(28)11(2)17(10)14-9-24-21-18(13(14)7-23)19(22)20(26-21)12-6-16(29)27(3)25-8-12/h4-6,8-9,28H,1-3H3,(H,24,26). The average molecular weight is 406 g/mol. The number of halogens is 1. The summed E-state index contributed by atoms with van der Waals surface area (Å²) in [4.78, 5) is 19.5. The zero-order valence-corrected chi connectivity index (χ0v) is 16.7. The first kappa shape index (κ1) is 18.7.